The summed E-state index contributed by atoms with van der Waals surface area (Å²) >= 11 is 0. The van der Waals surface area contributed by atoms with Crippen LogP contribution in [0, 0.1) is 5.92 Å². The van der Waals surface area contributed by atoms with Crippen molar-refractivity contribution in [2.45, 2.75) is 44.8 Å². The first-order valence-corrected chi connectivity index (χ1v) is 4.81. The SMILES string of the molecule is CC1(C)O[C@]2(C)CC[C@H]1C(=O)OC2=O. The Kier molecular flexibility index (Phi) is 1.77. The van der Waals surface area contributed by atoms with Gasteiger partial charge in [-0.2, -0.15) is 0 Å². The Bertz CT molecular complexity index is 307. The number of carbonyl (C=O) groups is 2. The van der Waals surface area contributed by atoms with Crippen LogP contribution in [0.15, 0.2) is 0 Å². The third kappa shape index (κ3) is 1.17. The van der Waals surface area contributed by atoms with Crippen molar-refractivity contribution in [1.29, 1.82) is 0 Å². The molecule has 2 bridgehead atoms. The number of rotatable bonds is 0. The summed E-state index contributed by atoms with van der Waals surface area (Å²) in [4.78, 5) is 23.0. The van der Waals surface area contributed by atoms with Crippen LogP contribution in [0.3, 0.4) is 0 Å². The molecule has 0 radical (unpaired) electrons. The van der Waals surface area contributed by atoms with Gasteiger partial charge in [-0.05, 0) is 33.6 Å². The van der Waals surface area contributed by atoms with Gasteiger partial charge in [-0.1, -0.05) is 0 Å². The topological polar surface area (TPSA) is 52.6 Å². The highest BCUT2D eigenvalue weighted by atomic mass is 16.6. The zero-order valence-corrected chi connectivity index (χ0v) is 8.62. The van der Waals surface area contributed by atoms with Crippen LogP contribution in [0.25, 0.3) is 0 Å². The average molecular weight is 198 g/mol. The molecule has 3 aliphatic rings. The largest absolute Gasteiger partial charge is 0.391 e. The van der Waals surface area contributed by atoms with Crippen LogP contribution in [-0.4, -0.2) is 23.1 Å². The maximum atomic E-state index is 11.5. The van der Waals surface area contributed by atoms with Crippen LogP contribution in [-0.2, 0) is 19.1 Å². The average Bonchev–Trinajstić information content (AvgIpc) is 2.13. The lowest BCUT2D eigenvalue weighted by molar-refractivity contribution is -0.192. The van der Waals surface area contributed by atoms with Crippen molar-refractivity contribution >= 4 is 11.9 Å². The molecule has 3 heterocycles. The normalized spacial score (nSPS) is 40.6. The summed E-state index contributed by atoms with van der Waals surface area (Å²) in [5.74, 6) is -1.31. The molecule has 3 rings (SSSR count). The van der Waals surface area contributed by atoms with Crippen molar-refractivity contribution in [1.82, 2.24) is 0 Å². The Hall–Kier alpha value is -0.900. The van der Waals surface area contributed by atoms with E-state index in [0.717, 1.165) is 0 Å². The molecule has 0 N–H and O–H groups in total. The summed E-state index contributed by atoms with van der Waals surface area (Å²) in [6.07, 6.45) is 1.22. The van der Waals surface area contributed by atoms with Crippen molar-refractivity contribution < 1.29 is 19.1 Å². The van der Waals surface area contributed by atoms with E-state index >= 15 is 0 Å². The van der Waals surface area contributed by atoms with Gasteiger partial charge in [0.2, 0.25) is 0 Å². The Morgan fingerprint density at radius 3 is 2.50 bits per heavy atom. The molecule has 3 aliphatic heterocycles. The zero-order valence-electron chi connectivity index (χ0n) is 8.62. The van der Waals surface area contributed by atoms with Crippen molar-refractivity contribution in [3.63, 3.8) is 0 Å². The molecule has 4 heteroatoms. The smallest absolute Gasteiger partial charge is 0.345 e. The molecule has 0 aromatic rings. The summed E-state index contributed by atoms with van der Waals surface area (Å²) in [6.45, 7) is 5.34. The number of hydrogen-bond acceptors (Lipinski definition) is 4. The van der Waals surface area contributed by atoms with E-state index in [0.29, 0.717) is 12.8 Å². The van der Waals surface area contributed by atoms with Crippen LogP contribution >= 0.6 is 0 Å². The zero-order chi connectivity index (χ0) is 10.6. The Morgan fingerprint density at radius 1 is 1.29 bits per heavy atom. The first-order chi connectivity index (χ1) is 6.35. The molecule has 0 aliphatic carbocycles. The van der Waals surface area contributed by atoms with E-state index in [1.165, 1.54) is 0 Å². The molecule has 0 unspecified atom stereocenters. The standard InChI is InChI=1S/C10H14O4/c1-9(2)6-4-5-10(3,14-9)8(12)13-7(6)11/h6H,4-5H2,1-3H3/t6-,10+/m0/s1. The highest BCUT2D eigenvalue weighted by Crippen LogP contribution is 2.43. The van der Waals surface area contributed by atoms with Crippen LogP contribution in [0.4, 0.5) is 0 Å². The van der Waals surface area contributed by atoms with E-state index in [1.54, 1.807) is 6.92 Å². The van der Waals surface area contributed by atoms with Gasteiger partial charge in [0, 0.05) is 0 Å². The fourth-order valence-corrected chi connectivity index (χ4v) is 2.29. The van der Waals surface area contributed by atoms with Crippen molar-refractivity contribution in [3.8, 4) is 0 Å². The molecular weight excluding hydrogens is 184 g/mol. The molecule has 0 aromatic heterocycles. The van der Waals surface area contributed by atoms with Crippen molar-refractivity contribution in [2.24, 2.45) is 5.92 Å². The first kappa shape index (κ1) is 9.65. The van der Waals surface area contributed by atoms with Gasteiger partial charge < -0.3 is 9.47 Å². The number of esters is 2. The molecule has 0 spiro atoms. The summed E-state index contributed by atoms with van der Waals surface area (Å²) in [5, 5.41) is 0. The van der Waals surface area contributed by atoms with Crippen molar-refractivity contribution in [2.75, 3.05) is 0 Å². The lowest BCUT2D eigenvalue weighted by atomic mass is 9.80. The fraction of sp³-hybridized carbons (Fsp3) is 0.800. The number of fused-ring (bicyclic) bond motifs is 4. The molecule has 0 amide bonds. The molecule has 0 aromatic carbocycles. The third-order valence-electron chi connectivity index (χ3n) is 3.15. The van der Waals surface area contributed by atoms with Gasteiger partial charge in [0.25, 0.3) is 0 Å². The monoisotopic (exact) mass is 198 g/mol. The molecule has 4 nitrogen and oxygen atoms in total. The van der Waals surface area contributed by atoms with E-state index < -0.39 is 23.1 Å². The molecule has 3 saturated heterocycles. The van der Waals surface area contributed by atoms with Gasteiger partial charge >= 0.3 is 11.9 Å². The van der Waals surface area contributed by atoms with E-state index in [9.17, 15) is 9.59 Å². The molecule has 14 heavy (non-hydrogen) atoms. The lowest BCUT2D eigenvalue weighted by Gasteiger charge is -2.41. The minimum Gasteiger partial charge on any atom is -0.391 e. The van der Waals surface area contributed by atoms with Crippen LogP contribution in [0.2, 0.25) is 0 Å². The van der Waals surface area contributed by atoms with E-state index in [2.05, 4.69) is 0 Å². The van der Waals surface area contributed by atoms with Gasteiger partial charge in [0.15, 0.2) is 5.60 Å². The Morgan fingerprint density at radius 2 is 1.93 bits per heavy atom. The first-order valence-electron chi connectivity index (χ1n) is 4.81. The predicted molar refractivity (Wildman–Crippen MR) is 47.4 cm³/mol. The van der Waals surface area contributed by atoms with Crippen molar-refractivity contribution in [3.05, 3.63) is 0 Å². The third-order valence-corrected chi connectivity index (χ3v) is 3.15. The molecule has 0 saturated carbocycles. The van der Waals surface area contributed by atoms with Gasteiger partial charge in [-0.15, -0.1) is 0 Å². The minimum absolute atomic E-state index is 0.318. The van der Waals surface area contributed by atoms with Gasteiger partial charge in [0.1, 0.15) is 0 Å². The molecule has 3 fully saturated rings. The van der Waals surface area contributed by atoms with Gasteiger partial charge in [-0.25, -0.2) is 4.79 Å². The summed E-state index contributed by atoms with van der Waals surface area (Å²) in [7, 11) is 0. The maximum absolute atomic E-state index is 11.5. The molecular formula is C10H14O4. The number of carbonyl (C=O) groups excluding carboxylic acids is 2. The van der Waals surface area contributed by atoms with Gasteiger partial charge in [-0.3, -0.25) is 4.79 Å². The van der Waals surface area contributed by atoms with E-state index in [4.69, 9.17) is 9.47 Å². The Labute approximate surface area is 82.6 Å². The Balaban J connectivity index is 2.45. The minimum atomic E-state index is -0.938. The second kappa shape index (κ2) is 2.57. The summed E-state index contributed by atoms with van der Waals surface area (Å²) < 4.78 is 10.4. The number of ether oxygens (including phenoxy) is 2. The highest BCUT2D eigenvalue weighted by Gasteiger charge is 2.55. The summed E-state index contributed by atoms with van der Waals surface area (Å²) in [5.41, 5.74) is -1.54. The second-order valence-corrected chi connectivity index (χ2v) is 4.74. The molecule has 78 valence electrons. The van der Waals surface area contributed by atoms with Crippen LogP contribution < -0.4 is 0 Å². The predicted octanol–water partition coefficient (Wildman–Crippen LogP) is 1.03. The fourth-order valence-electron chi connectivity index (χ4n) is 2.29. The number of hydrogen-bond donors (Lipinski definition) is 0. The quantitative estimate of drug-likeness (QED) is 0.431. The van der Waals surface area contributed by atoms with E-state index in [-0.39, 0.29) is 5.92 Å². The second-order valence-electron chi connectivity index (χ2n) is 4.74. The summed E-state index contributed by atoms with van der Waals surface area (Å²) in [6, 6.07) is 0. The lowest BCUT2D eigenvalue weighted by Crippen LogP contribution is -2.50. The van der Waals surface area contributed by atoms with Crippen LogP contribution in [0.5, 0.6) is 0 Å². The molecule has 2 atom stereocenters. The van der Waals surface area contributed by atoms with Gasteiger partial charge in [0.05, 0.1) is 11.5 Å². The highest BCUT2D eigenvalue weighted by molar-refractivity contribution is 5.93. The van der Waals surface area contributed by atoms with Crippen LogP contribution in [0.1, 0.15) is 33.6 Å². The van der Waals surface area contributed by atoms with E-state index in [1.807, 2.05) is 13.8 Å². The maximum Gasteiger partial charge on any atom is 0.345 e.